The van der Waals surface area contributed by atoms with Crippen molar-refractivity contribution < 1.29 is 9.47 Å². The van der Waals surface area contributed by atoms with Gasteiger partial charge in [0.2, 0.25) is 0 Å². The molecule has 1 rings (SSSR count). The maximum Gasteiger partial charge on any atom is 0.133 e. The van der Waals surface area contributed by atoms with Gasteiger partial charge in [-0.1, -0.05) is 6.07 Å². The van der Waals surface area contributed by atoms with Gasteiger partial charge < -0.3 is 14.8 Å². The monoisotopic (exact) mass is 329 g/mol. The molecule has 0 unspecified atom stereocenters. The lowest BCUT2D eigenvalue weighted by Gasteiger charge is -2.09. The van der Waals surface area contributed by atoms with E-state index in [-0.39, 0.29) is 0 Å². The number of benzene rings is 1. The zero-order valence-corrected chi connectivity index (χ0v) is 13.5. The summed E-state index contributed by atoms with van der Waals surface area (Å²) in [4.78, 5) is 0. The van der Waals surface area contributed by atoms with Crippen LogP contribution in [0.3, 0.4) is 0 Å². The predicted molar refractivity (Wildman–Crippen MR) is 83.0 cm³/mol. The first-order chi connectivity index (χ1) is 9.24. The van der Waals surface area contributed by atoms with Crippen LogP contribution in [0.15, 0.2) is 22.7 Å². The summed E-state index contributed by atoms with van der Waals surface area (Å²) in [5.74, 6) is 0.929. The third kappa shape index (κ3) is 7.55. The first-order valence-electron chi connectivity index (χ1n) is 6.82. The lowest BCUT2D eigenvalue weighted by molar-refractivity contribution is 0.194. The van der Waals surface area contributed by atoms with Crippen LogP contribution >= 0.6 is 15.9 Å². The van der Waals surface area contributed by atoms with Crippen LogP contribution in [0, 0.1) is 6.92 Å². The Morgan fingerprint density at radius 3 is 2.63 bits per heavy atom. The highest BCUT2D eigenvalue weighted by atomic mass is 79.9. The van der Waals surface area contributed by atoms with E-state index in [1.54, 1.807) is 7.11 Å². The summed E-state index contributed by atoms with van der Waals surface area (Å²) in [6, 6.07) is 6.16. The van der Waals surface area contributed by atoms with Crippen LogP contribution in [0.25, 0.3) is 0 Å². The molecule has 0 radical (unpaired) electrons. The van der Waals surface area contributed by atoms with Crippen molar-refractivity contribution >= 4 is 15.9 Å². The Labute approximate surface area is 124 Å². The van der Waals surface area contributed by atoms with Gasteiger partial charge in [-0.05, 0) is 72.9 Å². The highest BCUT2D eigenvalue weighted by molar-refractivity contribution is 9.10. The smallest absolute Gasteiger partial charge is 0.133 e. The van der Waals surface area contributed by atoms with E-state index in [9.17, 15) is 0 Å². The molecule has 0 heterocycles. The predicted octanol–water partition coefficient (Wildman–Crippen LogP) is 3.54. The van der Waals surface area contributed by atoms with Crippen LogP contribution in [0.4, 0.5) is 0 Å². The Bertz CT molecular complexity index is 358. The molecule has 1 aromatic carbocycles. The van der Waals surface area contributed by atoms with Gasteiger partial charge in [0.15, 0.2) is 0 Å². The first kappa shape index (κ1) is 16.5. The third-order valence-electron chi connectivity index (χ3n) is 2.79. The van der Waals surface area contributed by atoms with Gasteiger partial charge >= 0.3 is 0 Å². The van der Waals surface area contributed by atoms with E-state index in [4.69, 9.17) is 9.47 Å². The van der Waals surface area contributed by atoms with Gasteiger partial charge in [0.25, 0.3) is 0 Å². The van der Waals surface area contributed by atoms with Gasteiger partial charge in [0.05, 0.1) is 11.1 Å². The summed E-state index contributed by atoms with van der Waals surface area (Å²) in [5.41, 5.74) is 1.24. The molecule has 0 amide bonds. The van der Waals surface area contributed by atoms with Crippen molar-refractivity contribution in [3.8, 4) is 5.75 Å². The van der Waals surface area contributed by atoms with Crippen molar-refractivity contribution in [2.45, 2.75) is 26.2 Å². The van der Waals surface area contributed by atoms with Crippen LogP contribution in [0.2, 0.25) is 0 Å². The molecule has 0 bridgehead atoms. The van der Waals surface area contributed by atoms with E-state index < -0.39 is 0 Å². The average molecular weight is 330 g/mol. The number of unbranched alkanes of at least 4 members (excludes halogenated alkanes) is 1. The van der Waals surface area contributed by atoms with Gasteiger partial charge in [-0.25, -0.2) is 0 Å². The number of aryl methyl sites for hydroxylation is 1. The fourth-order valence-electron chi connectivity index (χ4n) is 1.72. The zero-order valence-electron chi connectivity index (χ0n) is 11.9. The summed E-state index contributed by atoms with van der Waals surface area (Å²) in [6.07, 6.45) is 3.28. The van der Waals surface area contributed by atoms with Crippen molar-refractivity contribution in [3.63, 3.8) is 0 Å². The highest BCUT2D eigenvalue weighted by Gasteiger charge is 2.00. The summed E-state index contributed by atoms with van der Waals surface area (Å²) < 4.78 is 11.8. The van der Waals surface area contributed by atoms with Crippen molar-refractivity contribution in [3.05, 3.63) is 28.2 Å². The largest absolute Gasteiger partial charge is 0.492 e. The second-order valence-electron chi connectivity index (χ2n) is 4.59. The first-order valence-corrected chi connectivity index (χ1v) is 7.62. The highest BCUT2D eigenvalue weighted by Crippen LogP contribution is 2.25. The third-order valence-corrected chi connectivity index (χ3v) is 3.41. The standard InChI is InChI=1S/C15H24BrNO2/c1-13-6-7-15(14(16)12-13)19-11-4-3-8-17-9-5-10-18-2/h6-7,12,17H,3-5,8-11H2,1-2H3. The summed E-state index contributed by atoms with van der Waals surface area (Å²) in [7, 11) is 1.74. The second-order valence-corrected chi connectivity index (χ2v) is 5.44. The Hall–Kier alpha value is -0.580. The number of hydrogen-bond acceptors (Lipinski definition) is 3. The van der Waals surface area contributed by atoms with Crippen LogP contribution in [-0.2, 0) is 4.74 Å². The maximum atomic E-state index is 5.74. The van der Waals surface area contributed by atoms with Gasteiger partial charge in [-0.2, -0.15) is 0 Å². The zero-order chi connectivity index (χ0) is 13.9. The molecule has 0 atom stereocenters. The fraction of sp³-hybridized carbons (Fsp3) is 0.600. The van der Waals surface area contributed by atoms with Crippen LogP contribution in [-0.4, -0.2) is 33.4 Å². The quantitative estimate of drug-likeness (QED) is 0.666. The Balaban J connectivity index is 2.01. The molecule has 0 aliphatic heterocycles. The van der Waals surface area contributed by atoms with E-state index in [2.05, 4.69) is 40.3 Å². The van der Waals surface area contributed by atoms with Crippen molar-refractivity contribution in [1.82, 2.24) is 5.32 Å². The molecule has 0 saturated carbocycles. The van der Waals surface area contributed by atoms with Crippen LogP contribution in [0.5, 0.6) is 5.75 Å². The second kappa shape index (κ2) is 10.2. The molecule has 1 N–H and O–H groups in total. The average Bonchev–Trinajstić information content (AvgIpc) is 2.39. The molecule has 0 fully saturated rings. The summed E-state index contributed by atoms with van der Waals surface area (Å²) >= 11 is 3.52. The molecule has 0 aliphatic carbocycles. The van der Waals surface area contributed by atoms with E-state index in [0.717, 1.165) is 55.8 Å². The van der Waals surface area contributed by atoms with Crippen molar-refractivity contribution in [1.29, 1.82) is 0 Å². The molecule has 4 heteroatoms. The number of hydrogen-bond donors (Lipinski definition) is 1. The van der Waals surface area contributed by atoms with Gasteiger partial charge in [0, 0.05) is 13.7 Å². The molecule has 0 aliphatic rings. The normalized spacial score (nSPS) is 10.7. The van der Waals surface area contributed by atoms with Crippen molar-refractivity contribution in [2.24, 2.45) is 0 Å². The lowest BCUT2D eigenvalue weighted by Crippen LogP contribution is -2.18. The van der Waals surface area contributed by atoms with E-state index in [0.29, 0.717) is 0 Å². The Kier molecular flexibility index (Phi) is 8.88. The van der Waals surface area contributed by atoms with E-state index in [1.807, 2.05) is 6.07 Å². The summed E-state index contributed by atoms with van der Waals surface area (Å²) in [5, 5.41) is 3.39. The van der Waals surface area contributed by atoms with Gasteiger partial charge in [-0.15, -0.1) is 0 Å². The molecule has 1 aromatic rings. The minimum atomic E-state index is 0.765. The van der Waals surface area contributed by atoms with E-state index in [1.165, 1.54) is 5.56 Å². The molecule has 3 nitrogen and oxygen atoms in total. The Morgan fingerprint density at radius 2 is 1.89 bits per heavy atom. The summed E-state index contributed by atoms with van der Waals surface area (Å²) in [6.45, 7) is 5.74. The number of halogens is 1. The lowest BCUT2D eigenvalue weighted by atomic mass is 10.2. The SMILES string of the molecule is COCCCNCCCCOc1ccc(C)cc1Br. The molecule has 0 saturated heterocycles. The molecule has 108 valence electrons. The molecular formula is C15H24BrNO2. The van der Waals surface area contributed by atoms with Crippen LogP contribution in [0.1, 0.15) is 24.8 Å². The maximum absolute atomic E-state index is 5.74. The number of nitrogens with one attached hydrogen (secondary N) is 1. The minimum absolute atomic E-state index is 0.765. The van der Waals surface area contributed by atoms with Crippen molar-refractivity contribution in [2.75, 3.05) is 33.4 Å². The number of rotatable bonds is 10. The molecule has 0 spiro atoms. The topological polar surface area (TPSA) is 30.5 Å². The molecule has 19 heavy (non-hydrogen) atoms. The molecular weight excluding hydrogens is 306 g/mol. The molecule has 0 aromatic heterocycles. The Morgan fingerprint density at radius 1 is 1.11 bits per heavy atom. The van der Waals surface area contributed by atoms with Gasteiger partial charge in [0.1, 0.15) is 5.75 Å². The minimum Gasteiger partial charge on any atom is -0.492 e. The number of ether oxygens (including phenoxy) is 2. The van der Waals surface area contributed by atoms with E-state index >= 15 is 0 Å². The fourth-order valence-corrected chi connectivity index (χ4v) is 2.33. The van der Waals surface area contributed by atoms with Gasteiger partial charge in [-0.3, -0.25) is 0 Å². The van der Waals surface area contributed by atoms with Crippen LogP contribution < -0.4 is 10.1 Å². The number of methoxy groups -OCH3 is 1.